The fraction of sp³-hybridized carbons (Fsp3) is 0.346. The fourth-order valence-electron chi connectivity index (χ4n) is 3.77. The number of hydrogen-bond donors (Lipinski definition) is 1. The zero-order chi connectivity index (χ0) is 24.6. The van der Waals surface area contributed by atoms with E-state index in [-0.39, 0.29) is 11.4 Å². The monoisotopic (exact) mass is 495 g/mol. The van der Waals surface area contributed by atoms with Crippen LogP contribution in [-0.4, -0.2) is 61.4 Å². The molecule has 35 heavy (non-hydrogen) atoms. The molecule has 1 N–H and O–H groups in total. The van der Waals surface area contributed by atoms with Gasteiger partial charge in [0, 0.05) is 13.1 Å². The first kappa shape index (κ1) is 24.8. The summed E-state index contributed by atoms with van der Waals surface area (Å²) in [6.07, 6.45) is 3.71. The Hall–Kier alpha value is -3.30. The molecule has 0 aliphatic carbocycles. The lowest BCUT2D eigenvalue weighted by molar-refractivity contribution is -0.127. The topological polar surface area (TPSA) is 88.2 Å². The largest absolute Gasteiger partial charge is 0.494 e. The summed E-state index contributed by atoms with van der Waals surface area (Å²) in [4.78, 5) is 41.5. The van der Waals surface area contributed by atoms with Gasteiger partial charge in [-0.2, -0.15) is 0 Å². The standard InChI is InChI=1S/C26H29N3O5S/c1-2-3-14-34-20-10-8-19(9-11-20)17-23-25(31)29(26(32)35-23)18-24(30)27-21-6-4-5-7-22(21)28-12-15-33-16-13-28/h4-11,17H,2-3,12-16,18H2,1H3,(H,27,30)/b23-17-. The summed E-state index contributed by atoms with van der Waals surface area (Å²) in [6, 6.07) is 14.8. The molecule has 2 aromatic carbocycles. The van der Waals surface area contributed by atoms with E-state index in [0.717, 1.165) is 59.6 Å². The van der Waals surface area contributed by atoms with E-state index < -0.39 is 17.1 Å². The average molecular weight is 496 g/mol. The number of ether oxygens (including phenoxy) is 2. The van der Waals surface area contributed by atoms with Crippen molar-refractivity contribution in [1.82, 2.24) is 4.90 Å². The summed E-state index contributed by atoms with van der Waals surface area (Å²) < 4.78 is 11.1. The number of thioether (sulfide) groups is 1. The zero-order valence-corrected chi connectivity index (χ0v) is 20.5. The molecule has 2 aliphatic heterocycles. The number of carbonyl (C=O) groups is 3. The molecule has 0 spiro atoms. The van der Waals surface area contributed by atoms with Crippen LogP contribution in [0.1, 0.15) is 25.3 Å². The van der Waals surface area contributed by atoms with Gasteiger partial charge >= 0.3 is 0 Å². The Balaban J connectivity index is 1.38. The van der Waals surface area contributed by atoms with E-state index in [4.69, 9.17) is 9.47 Å². The minimum Gasteiger partial charge on any atom is -0.494 e. The number of amides is 3. The van der Waals surface area contributed by atoms with Crippen LogP contribution in [0.4, 0.5) is 16.2 Å². The molecular formula is C26H29N3O5S. The number of nitrogens with zero attached hydrogens (tertiary/aromatic N) is 2. The SMILES string of the molecule is CCCCOc1ccc(/C=C2\SC(=O)N(CC(=O)Nc3ccccc3N3CCOCC3)C2=O)cc1. The van der Waals surface area contributed by atoms with E-state index in [1.54, 1.807) is 6.08 Å². The van der Waals surface area contributed by atoms with Crippen molar-refractivity contribution in [3.63, 3.8) is 0 Å². The molecule has 0 unspecified atom stereocenters. The van der Waals surface area contributed by atoms with Crippen LogP contribution in [0.3, 0.4) is 0 Å². The van der Waals surface area contributed by atoms with Gasteiger partial charge in [0.05, 0.1) is 36.1 Å². The number of rotatable bonds is 9. The normalized spacial score (nSPS) is 17.2. The first-order valence-electron chi connectivity index (χ1n) is 11.7. The lowest BCUT2D eigenvalue weighted by atomic mass is 10.2. The summed E-state index contributed by atoms with van der Waals surface area (Å²) >= 11 is 0.837. The highest BCUT2D eigenvalue weighted by molar-refractivity contribution is 8.18. The van der Waals surface area contributed by atoms with Crippen LogP contribution in [-0.2, 0) is 14.3 Å². The maximum Gasteiger partial charge on any atom is 0.294 e. The predicted molar refractivity (Wildman–Crippen MR) is 138 cm³/mol. The number of morpholine rings is 1. The van der Waals surface area contributed by atoms with Gasteiger partial charge in [0.2, 0.25) is 5.91 Å². The molecule has 2 aliphatic rings. The number of para-hydroxylation sites is 2. The number of anilines is 2. The van der Waals surface area contributed by atoms with E-state index in [1.807, 2.05) is 48.5 Å². The number of hydrogen-bond acceptors (Lipinski definition) is 7. The maximum atomic E-state index is 12.9. The minimum absolute atomic E-state index is 0.288. The van der Waals surface area contributed by atoms with Crippen LogP contribution in [0.25, 0.3) is 6.08 Å². The van der Waals surface area contributed by atoms with Crippen LogP contribution < -0.4 is 15.0 Å². The third-order valence-corrected chi connectivity index (χ3v) is 6.56. The lowest BCUT2D eigenvalue weighted by Crippen LogP contribution is -2.38. The van der Waals surface area contributed by atoms with Gasteiger partial charge in [0.15, 0.2) is 0 Å². The van der Waals surface area contributed by atoms with Gasteiger partial charge in [0.1, 0.15) is 12.3 Å². The number of unbranched alkanes of at least 4 members (excludes halogenated alkanes) is 1. The molecule has 0 saturated carbocycles. The molecule has 8 nitrogen and oxygen atoms in total. The zero-order valence-electron chi connectivity index (χ0n) is 19.7. The summed E-state index contributed by atoms with van der Waals surface area (Å²) in [5.41, 5.74) is 2.31. The van der Waals surface area contributed by atoms with Gasteiger partial charge in [-0.1, -0.05) is 37.6 Å². The highest BCUT2D eigenvalue weighted by Gasteiger charge is 2.36. The van der Waals surface area contributed by atoms with Crippen molar-refractivity contribution < 1.29 is 23.9 Å². The number of carbonyl (C=O) groups excluding carboxylic acids is 3. The quantitative estimate of drug-likeness (QED) is 0.408. The van der Waals surface area contributed by atoms with E-state index in [0.29, 0.717) is 25.5 Å². The van der Waals surface area contributed by atoms with Crippen molar-refractivity contribution in [3.05, 3.63) is 59.0 Å². The van der Waals surface area contributed by atoms with E-state index >= 15 is 0 Å². The van der Waals surface area contributed by atoms with E-state index in [9.17, 15) is 14.4 Å². The average Bonchev–Trinajstić information content (AvgIpc) is 3.13. The second kappa shape index (κ2) is 11.9. The second-order valence-electron chi connectivity index (χ2n) is 8.20. The van der Waals surface area contributed by atoms with Crippen LogP contribution >= 0.6 is 11.8 Å². The maximum absolute atomic E-state index is 12.9. The molecule has 9 heteroatoms. The summed E-state index contributed by atoms with van der Waals surface area (Å²) in [7, 11) is 0. The Morgan fingerprint density at radius 2 is 1.86 bits per heavy atom. The Labute approximate surface area is 209 Å². The highest BCUT2D eigenvalue weighted by Crippen LogP contribution is 2.33. The molecule has 184 valence electrons. The highest BCUT2D eigenvalue weighted by atomic mass is 32.2. The molecular weight excluding hydrogens is 466 g/mol. The number of nitrogens with one attached hydrogen (secondary N) is 1. The third kappa shape index (κ3) is 6.43. The van der Waals surface area contributed by atoms with Crippen LogP contribution in [0, 0.1) is 0 Å². The van der Waals surface area contributed by atoms with Gasteiger partial charge in [-0.25, -0.2) is 0 Å². The van der Waals surface area contributed by atoms with Crippen molar-refractivity contribution in [2.24, 2.45) is 0 Å². The molecule has 2 aromatic rings. The lowest BCUT2D eigenvalue weighted by Gasteiger charge is -2.30. The van der Waals surface area contributed by atoms with Gasteiger partial charge in [-0.05, 0) is 54.1 Å². The first-order chi connectivity index (χ1) is 17.0. The van der Waals surface area contributed by atoms with Crippen LogP contribution in [0.2, 0.25) is 0 Å². The fourth-order valence-corrected chi connectivity index (χ4v) is 4.61. The third-order valence-electron chi connectivity index (χ3n) is 5.65. The van der Waals surface area contributed by atoms with Crippen molar-refractivity contribution in [2.75, 3.05) is 49.7 Å². The smallest absolute Gasteiger partial charge is 0.294 e. The first-order valence-corrected chi connectivity index (χ1v) is 12.6. The molecule has 0 radical (unpaired) electrons. The number of benzene rings is 2. The molecule has 0 atom stereocenters. The summed E-state index contributed by atoms with van der Waals surface area (Å²) in [5.74, 6) is -0.138. The molecule has 0 aromatic heterocycles. The Kier molecular flexibility index (Phi) is 8.44. The van der Waals surface area contributed by atoms with Crippen LogP contribution in [0.15, 0.2) is 53.4 Å². The van der Waals surface area contributed by atoms with Gasteiger partial charge < -0.3 is 19.7 Å². The Bertz CT molecular complexity index is 1100. The molecule has 2 heterocycles. The molecule has 2 fully saturated rings. The predicted octanol–water partition coefficient (Wildman–Crippen LogP) is 4.38. The Morgan fingerprint density at radius 3 is 2.60 bits per heavy atom. The van der Waals surface area contributed by atoms with Gasteiger partial charge in [-0.3, -0.25) is 19.3 Å². The molecule has 3 amide bonds. The summed E-state index contributed by atoms with van der Waals surface area (Å²) in [5, 5.41) is 2.40. The van der Waals surface area contributed by atoms with E-state index in [2.05, 4.69) is 17.1 Å². The van der Waals surface area contributed by atoms with Gasteiger partial charge in [-0.15, -0.1) is 0 Å². The van der Waals surface area contributed by atoms with Gasteiger partial charge in [0.25, 0.3) is 11.1 Å². The van der Waals surface area contributed by atoms with Crippen molar-refractivity contribution in [2.45, 2.75) is 19.8 Å². The van der Waals surface area contributed by atoms with E-state index in [1.165, 1.54) is 0 Å². The molecule has 0 bridgehead atoms. The van der Waals surface area contributed by atoms with Crippen LogP contribution in [0.5, 0.6) is 5.75 Å². The van der Waals surface area contributed by atoms with Crippen molar-refractivity contribution >= 4 is 46.3 Å². The molecule has 2 saturated heterocycles. The van der Waals surface area contributed by atoms with Crippen molar-refractivity contribution in [1.29, 1.82) is 0 Å². The minimum atomic E-state index is -0.472. The van der Waals surface area contributed by atoms with Crippen molar-refractivity contribution in [3.8, 4) is 5.75 Å². The molecule has 4 rings (SSSR count). The number of imide groups is 1. The Morgan fingerprint density at radius 1 is 1.11 bits per heavy atom. The summed E-state index contributed by atoms with van der Waals surface area (Å²) in [6.45, 7) is 5.13. The second-order valence-corrected chi connectivity index (χ2v) is 9.20.